The van der Waals surface area contributed by atoms with E-state index in [0.29, 0.717) is 0 Å². The molecule has 0 amide bonds. The lowest BCUT2D eigenvalue weighted by molar-refractivity contribution is 0.343. The van der Waals surface area contributed by atoms with E-state index in [1.165, 1.54) is 12.1 Å². The van der Waals surface area contributed by atoms with Gasteiger partial charge in [-0.05, 0) is 56.8 Å². The molecule has 4 rings (SSSR count). The van der Waals surface area contributed by atoms with Crippen LogP contribution in [0.5, 0.6) is 0 Å². The maximum Gasteiger partial charge on any atom is 0.143 e. The highest BCUT2D eigenvalue weighted by Gasteiger charge is 2.25. The van der Waals surface area contributed by atoms with E-state index in [-0.39, 0.29) is 11.9 Å². The van der Waals surface area contributed by atoms with Crippen molar-refractivity contribution in [3.63, 3.8) is 0 Å². The van der Waals surface area contributed by atoms with Gasteiger partial charge in [-0.15, -0.1) is 0 Å². The van der Waals surface area contributed by atoms with E-state index in [4.69, 9.17) is 4.52 Å². The summed E-state index contributed by atoms with van der Waals surface area (Å²) in [5.74, 6) is 0.530. The average Bonchev–Trinajstić information content (AvgIpc) is 3.29. The van der Waals surface area contributed by atoms with Gasteiger partial charge >= 0.3 is 0 Å². The first-order chi connectivity index (χ1) is 14.0. The van der Waals surface area contributed by atoms with Crippen molar-refractivity contribution in [2.45, 2.75) is 19.9 Å². The number of hydrogen-bond donors (Lipinski definition) is 1. The molecule has 2 aromatic carbocycles. The van der Waals surface area contributed by atoms with E-state index in [0.717, 1.165) is 45.0 Å². The number of rotatable bonds is 5. The van der Waals surface area contributed by atoms with Crippen molar-refractivity contribution in [3.05, 3.63) is 83.1 Å². The van der Waals surface area contributed by atoms with Crippen molar-refractivity contribution in [3.8, 4) is 22.4 Å². The fourth-order valence-corrected chi connectivity index (χ4v) is 3.80. The largest absolute Gasteiger partial charge is 0.361 e. The van der Waals surface area contributed by atoms with Crippen LogP contribution in [0.2, 0.25) is 0 Å². The lowest BCUT2D eigenvalue weighted by atomic mass is 9.93. The topological polar surface area (TPSA) is 58.0 Å². The minimum Gasteiger partial charge on any atom is -0.361 e. The van der Waals surface area contributed by atoms with Crippen molar-refractivity contribution in [2.24, 2.45) is 0 Å². The molecule has 0 aliphatic carbocycles. The van der Waals surface area contributed by atoms with Gasteiger partial charge in [0.1, 0.15) is 11.6 Å². The molecule has 2 heterocycles. The second kappa shape index (κ2) is 7.64. The van der Waals surface area contributed by atoms with E-state index in [1.54, 1.807) is 12.1 Å². The zero-order valence-electron chi connectivity index (χ0n) is 16.9. The molecule has 148 valence electrons. The lowest BCUT2D eigenvalue weighted by Gasteiger charge is -2.25. The quantitative estimate of drug-likeness (QED) is 0.513. The van der Waals surface area contributed by atoms with Crippen LogP contribution >= 0.6 is 0 Å². The molecule has 4 aromatic rings. The van der Waals surface area contributed by atoms with Crippen molar-refractivity contribution < 1.29 is 8.91 Å². The predicted molar refractivity (Wildman–Crippen MR) is 111 cm³/mol. The van der Waals surface area contributed by atoms with Crippen molar-refractivity contribution in [1.82, 2.24) is 20.3 Å². The molecule has 0 bridgehead atoms. The van der Waals surface area contributed by atoms with E-state index >= 15 is 0 Å². The van der Waals surface area contributed by atoms with Gasteiger partial charge in [0.2, 0.25) is 0 Å². The summed E-state index contributed by atoms with van der Waals surface area (Å²) < 4.78 is 18.6. The summed E-state index contributed by atoms with van der Waals surface area (Å²) in [7, 11) is 4.09. The Morgan fingerprint density at radius 3 is 2.14 bits per heavy atom. The first-order valence-electron chi connectivity index (χ1n) is 9.44. The molecule has 0 spiro atoms. The number of nitrogens with zero attached hydrogens (tertiary/aromatic N) is 3. The molecule has 1 N–H and O–H groups in total. The van der Waals surface area contributed by atoms with Gasteiger partial charge in [-0.2, -0.15) is 5.10 Å². The average molecular weight is 390 g/mol. The highest BCUT2D eigenvalue weighted by molar-refractivity contribution is 5.69. The van der Waals surface area contributed by atoms with E-state index in [9.17, 15) is 4.39 Å². The molecule has 1 atom stereocenters. The number of aryl methyl sites for hydroxylation is 2. The SMILES string of the molecule is Cc1noc(C)c1-c1[nH]ncc1C(c1ccc(-c2ccc(F)cc2)cc1)N(C)C. The summed E-state index contributed by atoms with van der Waals surface area (Å²) in [5.41, 5.74) is 6.92. The molecule has 6 heteroatoms. The monoisotopic (exact) mass is 390 g/mol. The maximum absolute atomic E-state index is 13.2. The van der Waals surface area contributed by atoms with Gasteiger partial charge in [0, 0.05) is 5.56 Å². The molecule has 0 aliphatic rings. The molecule has 0 saturated carbocycles. The minimum absolute atomic E-state index is 0.000261. The lowest BCUT2D eigenvalue weighted by Crippen LogP contribution is -2.21. The number of halogens is 1. The normalized spacial score (nSPS) is 12.5. The highest BCUT2D eigenvalue weighted by Crippen LogP contribution is 2.36. The van der Waals surface area contributed by atoms with Gasteiger partial charge in [-0.25, -0.2) is 4.39 Å². The molecule has 5 nitrogen and oxygen atoms in total. The van der Waals surface area contributed by atoms with Crippen LogP contribution in [0.25, 0.3) is 22.4 Å². The fourth-order valence-electron chi connectivity index (χ4n) is 3.80. The van der Waals surface area contributed by atoms with Gasteiger partial charge < -0.3 is 4.52 Å². The molecule has 2 aromatic heterocycles. The van der Waals surface area contributed by atoms with Crippen LogP contribution < -0.4 is 0 Å². The molecule has 0 saturated heterocycles. The van der Waals surface area contributed by atoms with Crippen LogP contribution in [0.1, 0.15) is 28.6 Å². The van der Waals surface area contributed by atoms with Crippen LogP contribution in [0.15, 0.2) is 59.3 Å². The summed E-state index contributed by atoms with van der Waals surface area (Å²) in [6.07, 6.45) is 1.86. The Morgan fingerprint density at radius 1 is 0.966 bits per heavy atom. The number of benzene rings is 2. The van der Waals surface area contributed by atoms with Crippen LogP contribution in [-0.4, -0.2) is 34.3 Å². The Balaban J connectivity index is 1.73. The summed E-state index contributed by atoms with van der Waals surface area (Å²) >= 11 is 0. The second-order valence-corrected chi connectivity index (χ2v) is 7.39. The standard InChI is InChI=1S/C23H23FN4O/c1-14-21(15(2)29-27-14)22-20(13-25-26-22)23(28(3)4)18-7-5-16(6-8-18)17-9-11-19(24)12-10-17/h5-13,23H,1-4H3,(H,25,26). The van der Waals surface area contributed by atoms with Crippen molar-refractivity contribution in [1.29, 1.82) is 0 Å². The summed E-state index contributed by atoms with van der Waals surface area (Å²) in [6, 6.07) is 14.9. The fraction of sp³-hybridized carbons (Fsp3) is 0.217. The molecular weight excluding hydrogens is 367 g/mol. The molecular formula is C23H23FN4O. The molecule has 0 radical (unpaired) electrons. The van der Waals surface area contributed by atoms with E-state index in [1.807, 2.05) is 34.1 Å². The number of nitrogens with one attached hydrogen (secondary N) is 1. The highest BCUT2D eigenvalue weighted by atomic mass is 19.1. The third kappa shape index (κ3) is 3.59. The summed E-state index contributed by atoms with van der Waals surface area (Å²) in [6.45, 7) is 3.83. The molecule has 0 fully saturated rings. The number of H-pyrrole nitrogens is 1. The van der Waals surface area contributed by atoms with Gasteiger partial charge in [0.05, 0.1) is 29.2 Å². The second-order valence-electron chi connectivity index (χ2n) is 7.39. The predicted octanol–water partition coefficient (Wildman–Crippen LogP) is 5.14. The van der Waals surface area contributed by atoms with Gasteiger partial charge in [-0.3, -0.25) is 10.00 Å². The van der Waals surface area contributed by atoms with Crippen LogP contribution in [0.3, 0.4) is 0 Å². The Hall–Kier alpha value is -3.25. The van der Waals surface area contributed by atoms with Crippen molar-refractivity contribution >= 4 is 0 Å². The third-order valence-electron chi connectivity index (χ3n) is 5.17. The number of aromatic nitrogens is 3. The molecule has 1 unspecified atom stereocenters. The molecule has 29 heavy (non-hydrogen) atoms. The Labute approximate surface area is 169 Å². The zero-order chi connectivity index (χ0) is 20.5. The molecule has 0 aliphatic heterocycles. The van der Waals surface area contributed by atoms with Crippen LogP contribution in [-0.2, 0) is 0 Å². The van der Waals surface area contributed by atoms with Crippen LogP contribution in [0.4, 0.5) is 4.39 Å². The number of aromatic amines is 1. The number of hydrogen-bond acceptors (Lipinski definition) is 4. The summed E-state index contributed by atoms with van der Waals surface area (Å²) in [5, 5.41) is 11.5. The van der Waals surface area contributed by atoms with Crippen LogP contribution in [0, 0.1) is 19.7 Å². The summed E-state index contributed by atoms with van der Waals surface area (Å²) in [4.78, 5) is 2.15. The first-order valence-corrected chi connectivity index (χ1v) is 9.44. The van der Waals surface area contributed by atoms with Gasteiger partial charge in [-0.1, -0.05) is 41.6 Å². The Kier molecular flexibility index (Phi) is 5.03. The smallest absolute Gasteiger partial charge is 0.143 e. The first kappa shape index (κ1) is 19.1. The van der Waals surface area contributed by atoms with Crippen molar-refractivity contribution in [2.75, 3.05) is 14.1 Å². The van der Waals surface area contributed by atoms with E-state index < -0.39 is 0 Å². The Bertz CT molecular complexity index is 1090. The minimum atomic E-state index is -0.232. The van der Waals surface area contributed by atoms with Gasteiger partial charge in [0.15, 0.2) is 0 Å². The zero-order valence-corrected chi connectivity index (χ0v) is 16.9. The Morgan fingerprint density at radius 2 is 1.59 bits per heavy atom. The van der Waals surface area contributed by atoms with Gasteiger partial charge in [0.25, 0.3) is 0 Å². The van der Waals surface area contributed by atoms with E-state index in [2.05, 4.69) is 44.5 Å². The maximum atomic E-state index is 13.2. The third-order valence-corrected chi connectivity index (χ3v) is 5.17.